The first-order valence-corrected chi connectivity index (χ1v) is 4.95. The lowest BCUT2D eigenvalue weighted by Gasteiger charge is -2.08. The van der Waals surface area contributed by atoms with E-state index in [1.54, 1.807) is 6.07 Å². The summed E-state index contributed by atoms with van der Waals surface area (Å²) >= 11 is 4.06. The molecule has 15 heavy (non-hydrogen) atoms. The van der Waals surface area contributed by atoms with E-state index < -0.39 is 0 Å². The van der Waals surface area contributed by atoms with Gasteiger partial charge in [0.15, 0.2) is 0 Å². The predicted molar refractivity (Wildman–Crippen MR) is 65.7 cm³/mol. The third-order valence-corrected chi connectivity index (χ3v) is 2.23. The van der Waals surface area contributed by atoms with Crippen molar-refractivity contribution in [2.75, 3.05) is 5.32 Å². The molecule has 76 valence electrons. The molecular formula is C12H10FNS. The van der Waals surface area contributed by atoms with Gasteiger partial charge in [-0.1, -0.05) is 24.8 Å². The number of benzene rings is 2. The average Bonchev–Trinajstić information content (AvgIpc) is 2.18. The molecule has 0 aliphatic carbocycles. The molecular weight excluding hydrogens is 209 g/mol. The van der Waals surface area contributed by atoms with E-state index in [1.807, 2.05) is 18.2 Å². The van der Waals surface area contributed by atoms with Crippen LogP contribution < -0.4 is 5.32 Å². The number of rotatable bonds is 2. The SMILES string of the molecule is C=C(S)Nc1cccc2ccc(F)cc12. The lowest BCUT2D eigenvalue weighted by atomic mass is 10.1. The summed E-state index contributed by atoms with van der Waals surface area (Å²) in [5, 5.41) is 5.32. The van der Waals surface area contributed by atoms with Gasteiger partial charge in [0.2, 0.25) is 0 Å². The highest BCUT2D eigenvalue weighted by molar-refractivity contribution is 7.84. The number of nitrogens with one attached hydrogen (secondary N) is 1. The molecule has 0 bridgehead atoms. The lowest BCUT2D eigenvalue weighted by molar-refractivity contribution is 0.630. The second kappa shape index (κ2) is 3.95. The first-order valence-electron chi connectivity index (χ1n) is 4.50. The van der Waals surface area contributed by atoms with Crippen molar-refractivity contribution < 1.29 is 4.39 Å². The molecule has 0 fully saturated rings. The van der Waals surface area contributed by atoms with Crippen LogP contribution in [0, 0.1) is 5.82 Å². The monoisotopic (exact) mass is 219 g/mol. The van der Waals surface area contributed by atoms with Crippen LogP contribution in [0.1, 0.15) is 0 Å². The fourth-order valence-corrected chi connectivity index (χ4v) is 1.63. The van der Waals surface area contributed by atoms with Gasteiger partial charge in [0, 0.05) is 11.1 Å². The van der Waals surface area contributed by atoms with Gasteiger partial charge in [-0.15, -0.1) is 12.6 Å². The van der Waals surface area contributed by atoms with Crippen LogP contribution in [0.15, 0.2) is 48.0 Å². The normalized spacial score (nSPS) is 10.3. The molecule has 0 unspecified atom stereocenters. The summed E-state index contributed by atoms with van der Waals surface area (Å²) in [5.74, 6) is -0.249. The van der Waals surface area contributed by atoms with Crippen molar-refractivity contribution in [1.82, 2.24) is 0 Å². The Kier molecular flexibility index (Phi) is 2.64. The standard InChI is InChI=1S/C12H10FNS/c1-8(15)14-12-4-2-3-9-5-6-10(13)7-11(9)12/h2-7,14-15H,1H2. The van der Waals surface area contributed by atoms with Gasteiger partial charge in [-0.3, -0.25) is 0 Å². The smallest absolute Gasteiger partial charge is 0.123 e. The predicted octanol–water partition coefficient (Wildman–Crippen LogP) is 3.79. The maximum absolute atomic E-state index is 13.1. The van der Waals surface area contributed by atoms with Crippen molar-refractivity contribution >= 4 is 29.1 Å². The summed E-state index contributed by atoms with van der Waals surface area (Å²) in [5.41, 5.74) is 0.812. The van der Waals surface area contributed by atoms with Gasteiger partial charge in [-0.2, -0.15) is 0 Å². The molecule has 2 aromatic carbocycles. The number of halogens is 1. The summed E-state index contributed by atoms with van der Waals surface area (Å²) in [6.07, 6.45) is 0. The van der Waals surface area contributed by atoms with Crippen LogP contribution in [0.4, 0.5) is 10.1 Å². The molecule has 0 aromatic heterocycles. The van der Waals surface area contributed by atoms with Gasteiger partial charge < -0.3 is 5.32 Å². The first-order chi connectivity index (χ1) is 7.16. The number of thiol groups is 1. The molecule has 0 amide bonds. The molecule has 1 nitrogen and oxygen atoms in total. The fraction of sp³-hybridized carbons (Fsp3) is 0. The van der Waals surface area contributed by atoms with E-state index in [0.717, 1.165) is 16.5 Å². The number of hydrogen-bond donors (Lipinski definition) is 2. The molecule has 2 rings (SSSR count). The zero-order valence-corrected chi connectivity index (χ0v) is 8.89. The largest absolute Gasteiger partial charge is 0.350 e. The Morgan fingerprint density at radius 2 is 2.07 bits per heavy atom. The van der Waals surface area contributed by atoms with Crippen LogP contribution in [0.5, 0.6) is 0 Å². The summed E-state index contributed by atoms with van der Waals surface area (Å²) in [7, 11) is 0. The quantitative estimate of drug-likeness (QED) is 0.732. The topological polar surface area (TPSA) is 12.0 Å². The van der Waals surface area contributed by atoms with Crippen molar-refractivity contribution in [3.05, 3.63) is 53.8 Å². The minimum absolute atomic E-state index is 0.249. The summed E-state index contributed by atoms with van der Waals surface area (Å²) < 4.78 is 13.1. The third-order valence-electron chi connectivity index (χ3n) is 2.12. The third kappa shape index (κ3) is 2.13. The minimum atomic E-state index is -0.249. The van der Waals surface area contributed by atoms with E-state index in [4.69, 9.17) is 0 Å². The molecule has 0 saturated carbocycles. The van der Waals surface area contributed by atoms with Gasteiger partial charge in [0.1, 0.15) is 5.82 Å². The van der Waals surface area contributed by atoms with Gasteiger partial charge in [-0.05, 0) is 23.6 Å². The molecule has 1 N–H and O–H groups in total. The molecule has 0 radical (unpaired) electrons. The number of anilines is 1. The van der Waals surface area contributed by atoms with Crippen molar-refractivity contribution in [2.45, 2.75) is 0 Å². The van der Waals surface area contributed by atoms with Crippen molar-refractivity contribution in [1.29, 1.82) is 0 Å². The van der Waals surface area contributed by atoms with Gasteiger partial charge in [-0.25, -0.2) is 4.39 Å². The van der Waals surface area contributed by atoms with E-state index in [0.29, 0.717) is 5.03 Å². The Hall–Kier alpha value is -1.48. The maximum Gasteiger partial charge on any atom is 0.123 e. The van der Waals surface area contributed by atoms with Gasteiger partial charge >= 0.3 is 0 Å². The minimum Gasteiger partial charge on any atom is -0.350 e. The van der Waals surface area contributed by atoms with Crippen LogP contribution in [-0.2, 0) is 0 Å². The van der Waals surface area contributed by atoms with Crippen molar-refractivity contribution in [2.24, 2.45) is 0 Å². The Morgan fingerprint density at radius 1 is 1.27 bits per heavy atom. The van der Waals surface area contributed by atoms with Crippen molar-refractivity contribution in [3.8, 4) is 0 Å². The Morgan fingerprint density at radius 3 is 2.80 bits per heavy atom. The van der Waals surface area contributed by atoms with Crippen LogP contribution in [0.3, 0.4) is 0 Å². The highest BCUT2D eigenvalue weighted by atomic mass is 32.1. The van der Waals surface area contributed by atoms with E-state index in [9.17, 15) is 4.39 Å². The lowest BCUT2D eigenvalue weighted by Crippen LogP contribution is -1.92. The first kappa shape index (κ1) is 10.1. The second-order valence-electron chi connectivity index (χ2n) is 3.24. The number of fused-ring (bicyclic) bond motifs is 1. The van der Waals surface area contributed by atoms with E-state index in [2.05, 4.69) is 24.5 Å². The second-order valence-corrected chi connectivity index (χ2v) is 3.78. The molecule has 0 saturated heterocycles. The van der Waals surface area contributed by atoms with Crippen LogP contribution >= 0.6 is 12.6 Å². The van der Waals surface area contributed by atoms with Crippen LogP contribution in [0.2, 0.25) is 0 Å². The highest BCUT2D eigenvalue weighted by Crippen LogP contribution is 2.25. The molecule has 0 aliphatic heterocycles. The van der Waals surface area contributed by atoms with E-state index >= 15 is 0 Å². The zero-order chi connectivity index (χ0) is 10.8. The highest BCUT2D eigenvalue weighted by Gasteiger charge is 2.01. The fourth-order valence-electron chi connectivity index (χ4n) is 1.51. The summed E-state index contributed by atoms with van der Waals surface area (Å²) in [6, 6.07) is 10.4. The van der Waals surface area contributed by atoms with Crippen LogP contribution in [-0.4, -0.2) is 0 Å². The summed E-state index contributed by atoms with van der Waals surface area (Å²) in [4.78, 5) is 0. The number of hydrogen-bond acceptors (Lipinski definition) is 2. The van der Waals surface area contributed by atoms with E-state index in [-0.39, 0.29) is 5.82 Å². The van der Waals surface area contributed by atoms with E-state index in [1.165, 1.54) is 12.1 Å². The van der Waals surface area contributed by atoms with Crippen LogP contribution in [0.25, 0.3) is 10.8 Å². The molecule has 2 aromatic rings. The van der Waals surface area contributed by atoms with Gasteiger partial charge in [0.25, 0.3) is 0 Å². The zero-order valence-electron chi connectivity index (χ0n) is 8.00. The molecule has 0 spiro atoms. The average molecular weight is 219 g/mol. The molecule has 3 heteroatoms. The summed E-state index contributed by atoms with van der Waals surface area (Å²) in [6.45, 7) is 3.64. The molecule has 0 atom stereocenters. The maximum atomic E-state index is 13.1. The molecule has 0 heterocycles. The molecule has 0 aliphatic rings. The Balaban J connectivity index is 2.63. The van der Waals surface area contributed by atoms with Crippen molar-refractivity contribution in [3.63, 3.8) is 0 Å². The Bertz CT molecular complexity index is 522. The Labute approximate surface area is 93.0 Å². The van der Waals surface area contributed by atoms with Gasteiger partial charge in [0.05, 0.1) is 5.03 Å².